The highest BCUT2D eigenvalue weighted by molar-refractivity contribution is 7.99. The Morgan fingerprint density at radius 3 is 2.89 bits per heavy atom. The summed E-state index contributed by atoms with van der Waals surface area (Å²) in [5, 5.41) is 3.25. The molecule has 5 heteroatoms. The molecule has 1 heterocycles. The van der Waals surface area contributed by atoms with Crippen LogP contribution in [0.2, 0.25) is 0 Å². The summed E-state index contributed by atoms with van der Waals surface area (Å²) in [6, 6.07) is 0. The predicted octanol–water partition coefficient (Wildman–Crippen LogP) is 2.22. The fourth-order valence-electron chi connectivity index (χ4n) is 2.21. The smallest absolute Gasteiger partial charge is 0.326 e. The fraction of sp³-hybridized carbons (Fsp3) is 0.929. The maximum absolute atomic E-state index is 12.0. The maximum Gasteiger partial charge on any atom is 0.326 e. The van der Waals surface area contributed by atoms with Crippen LogP contribution in [0.25, 0.3) is 0 Å². The Morgan fingerprint density at radius 1 is 1.53 bits per heavy atom. The van der Waals surface area contributed by atoms with Crippen molar-refractivity contribution < 1.29 is 14.3 Å². The van der Waals surface area contributed by atoms with Gasteiger partial charge in [0.1, 0.15) is 5.54 Å². The van der Waals surface area contributed by atoms with E-state index in [2.05, 4.69) is 5.32 Å². The number of thioether (sulfide) groups is 1. The van der Waals surface area contributed by atoms with Gasteiger partial charge in [0.25, 0.3) is 0 Å². The lowest BCUT2D eigenvalue weighted by molar-refractivity contribution is -0.150. The van der Waals surface area contributed by atoms with Crippen LogP contribution in [-0.4, -0.2) is 48.9 Å². The van der Waals surface area contributed by atoms with E-state index in [-0.39, 0.29) is 5.97 Å². The summed E-state index contributed by atoms with van der Waals surface area (Å²) >= 11 is 1.87. The molecule has 1 aliphatic rings. The molecule has 1 saturated heterocycles. The number of hydrogen-bond acceptors (Lipinski definition) is 5. The van der Waals surface area contributed by atoms with E-state index in [1.165, 1.54) is 12.8 Å². The summed E-state index contributed by atoms with van der Waals surface area (Å²) in [6.45, 7) is 7.90. The van der Waals surface area contributed by atoms with Crippen LogP contribution in [-0.2, 0) is 14.3 Å². The molecule has 0 aliphatic carbocycles. The van der Waals surface area contributed by atoms with Crippen molar-refractivity contribution in [1.82, 2.24) is 5.32 Å². The largest absolute Gasteiger partial charge is 0.465 e. The third-order valence-electron chi connectivity index (χ3n) is 3.37. The minimum Gasteiger partial charge on any atom is -0.465 e. The molecule has 2 unspecified atom stereocenters. The van der Waals surface area contributed by atoms with Crippen LogP contribution in [0.5, 0.6) is 0 Å². The average molecular weight is 289 g/mol. The van der Waals surface area contributed by atoms with Crippen LogP contribution in [0.4, 0.5) is 0 Å². The van der Waals surface area contributed by atoms with Crippen LogP contribution in [0, 0.1) is 0 Å². The zero-order chi connectivity index (χ0) is 14.1. The second-order valence-corrected chi connectivity index (χ2v) is 6.19. The van der Waals surface area contributed by atoms with Gasteiger partial charge < -0.3 is 14.8 Å². The van der Waals surface area contributed by atoms with Gasteiger partial charge in [0, 0.05) is 12.4 Å². The topological polar surface area (TPSA) is 47.6 Å². The second-order valence-electron chi connectivity index (χ2n) is 5.04. The Bertz CT molecular complexity index is 269. The molecule has 1 rings (SSSR count). The van der Waals surface area contributed by atoms with Crippen molar-refractivity contribution in [1.29, 1.82) is 0 Å². The van der Waals surface area contributed by atoms with Crippen molar-refractivity contribution in [2.24, 2.45) is 0 Å². The van der Waals surface area contributed by atoms with Gasteiger partial charge in [0.2, 0.25) is 0 Å². The van der Waals surface area contributed by atoms with E-state index in [4.69, 9.17) is 9.47 Å². The third kappa shape index (κ3) is 5.71. The number of likely N-dealkylation sites (N-methyl/N-ethyl adjacent to an activating group) is 1. The summed E-state index contributed by atoms with van der Waals surface area (Å²) in [5.74, 6) is 1.84. The molecule has 0 aromatic carbocycles. The van der Waals surface area contributed by atoms with Gasteiger partial charge in [-0.25, -0.2) is 0 Å². The standard InChI is InChI=1S/C14H27NO3S/c1-4-15-14(3,13(16)17-5-2)8-10-19-11-12-7-6-9-18-12/h12,15H,4-11H2,1-3H3. The summed E-state index contributed by atoms with van der Waals surface area (Å²) in [4.78, 5) is 12.0. The van der Waals surface area contributed by atoms with E-state index in [1.54, 1.807) is 0 Å². The summed E-state index contributed by atoms with van der Waals surface area (Å²) < 4.78 is 10.7. The van der Waals surface area contributed by atoms with Gasteiger partial charge in [-0.2, -0.15) is 11.8 Å². The van der Waals surface area contributed by atoms with Crippen molar-refractivity contribution in [3.63, 3.8) is 0 Å². The number of carbonyl (C=O) groups is 1. The SMILES string of the molecule is CCNC(C)(CCSCC1CCCO1)C(=O)OCC. The van der Waals surface area contributed by atoms with Crippen molar-refractivity contribution in [3.8, 4) is 0 Å². The van der Waals surface area contributed by atoms with Crippen LogP contribution >= 0.6 is 11.8 Å². The quantitative estimate of drug-likeness (QED) is 0.521. The Labute approximate surface area is 121 Å². The van der Waals surface area contributed by atoms with E-state index in [0.29, 0.717) is 12.7 Å². The molecular formula is C14H27NO3S. The highest BCUT2D eigenvalue weighted by Crippen LogP contribution is 2.20. The molecular weight excluding hydrogens is 262 g/mol. The van der Waals surface area contributed by atoms with Gasteiger partial charge in [0.15, 0.2) is 0 Å². The molecule has 0 radical (unpaired) electrons. The average Bonchev–Trinajstić information content (AvgIpc) is 2.88. The Kier molecular flexibility index (Phi) is 7.80. The fourth-order valence-corrected chi connectivity index (χ4v) is 3.46. The molecule has 0 aromatic rings. The predicted molar refractivity (Wildman–Crippen MR) is 79.6 cm³/mol. The molecule has 1 aliphatic heterocycles. The third-order valence-corrected chi connectivity index (χ3v) is 4.47. The molecule has 2 atom stereocenters. The molecule has 0 spiro atoms. The lowest BCUT2D eigenvalue weighted by Gasteiger charge is -2.28. The van der Waals surface area contributed by atoms with Gasteiger partial charge in [-0.3, -0.25) is 4.79 Å². The van der Waals surface area contributed by atoms with Crippen LogP contribution in [0.3, 0.4) is 0 Å². The Morgan fingerprint density at radius 2 is 2.32 bits per heavy atom. The van der Waals surface area contributed by atoms with Crippen LogP contribution in [0.15, 0.2) is 0 Å². The highest BCUT2D eigenvalue weighted by atomic mass is 32.2. The first-order valence-electron chi connectivity index (χ1n) is 7.24. The second kappa shape index (κ2) is 8.82. The minimum atomic E-state index is -0.561. The first-order chi connectivity index (χ1) is 9.12. The minimum absolute atomic E-state index is 0.144. The molecule has 0 saturated carbocycles. The number of hydrogen-bond donors (Lipinski definition) is 1. The van der Waals surface area contributed by atoms with E-state index < -0.39 is 5.54 Å². The monoisotopic (exact) mass is 289 g/mol. The number of ether oxygens (including phenoxy) is 2. The van der Waals surface area contributed by atoms with Gasteiger partial charge in [-0.15, -0.1) is 0 Å². The summed E-state index contributed by atoms with van der Waals surface area (Å²) in [6.07, 6.45) is 3.56. The number of nitrogens with one attached hydrogen (secondary N) is 1. The number of carbonyl (C=O) groups excluding carboxylic acids is 1. The Hall–Kier alpha value is -0.260. The molecule has 1 N–H and O–H groups in total. The molecule has 4 nitrogen and oxygen atoms in total. The molecule has 0 amide bonds. The normalized spacial score (nSPS) is 22.2. The molecule has 1 fully saturated rings. The maximum atomic E-state index is 12.0. The van der Waals surface area contributed by atoms with Crippen LogP contribution < -0.4 is 5.32 Å². The lowest BCUT2D eigenvalue weighted by Crippen LogP contribution is -2.50. The van der Waals surface area contributed by atoms with Gasteiger partial charge in [-0.1, -0.05) is 6.92 Å². The number of rotatable bonds is 9. The van der Waals surface area contributed by atoms with E-state index in [0.717, 1.165) is 31.1 Å². The van der Waals surface area contributed by atoms with E-state index >= 15 is 0 Å². The zero-order valence-corrected chi connectivity index (χ0v) is 13.2. The highest BCUT2D eigenvalue weighted by Gasteiger charge is 2.33. The van der Waals surface area contributed by atoms with Crippen LogP contribution in [0.1, 0.15) is 40.0 Å². The molecule has 0 bridgehead atoms. The van der Waals surface area contributed by atoms with E-state index in [1.807, 2.05) is 32.5 Å². The zero-order valence-electron chi connectivity index (χ0n) is 12.4. The lowest BCUT2D eigenvalue weighted by atomic mass is 9.99. The first kappa shape index (κ1) is 16.8. The van der Waals surface area contributed by atoms with Crippen molar-refractivity contribution in [2.75, 3.05) is 31.3 Å². The Balaban J connectivity index is 2.29. The molecule has 19 heavy (non-hydrogen) atoms. The van der Waals surface area contributed by atoms with Gasteiger partial charge in [-0.05, 0) is 45.4 Å². The molecule has 112 valence electrons. The van der Waals surface area contributed by atoms with E-state index in [9.17, 15) is 4.79 Å². The number of esters is 1. The van der Waals surface area contributed by atoms with Gasteiger partial charge >= 0.3 is 5.97 Å². The van der Waals surface area contributed by atoms with Crippen molar-refractivity contribution in [3.05, 3.63) is 0 Å². The summed E-state index contributed by atoms with van der Waals surface area (Å²) in [7, 11) is 0. The van der Waals surface area contributed by atoms with Crippen molar-refractivity contribution in [2.45, 2.75) is 51.7 Å². The first-order valence-corrected chi connectivity index (χ1v) is 8.39. The molecule has 0 aromatic heterocycles. The van der Waals surface area contributed by atoms with Crippen molar-refractivity contribution >= 4 is 17.7 Å². The summed E-state index contributed by atoms with van der Waals surface area (Å²) in [5.41, 5.74) is -0.561. The van der Waals surface area contributed by atoms with Gasteiger partial charge in [0.05, 0.1) is 12.7 Å².